The number of hydrogen-bond acceptors (Lipinski definition) is 7. The van der Waals surface area contributed by atoms with Gasteiger partial charge in [0.1, 0.15) is 23.4 Å². The molecule has 0 aliphatic rings. The van der Waals surface area contributed by atoms with Crippen molar-refractivity contribution in [2.75, 3.05) is 19.7 Å². The molecule has 0 heterocycles. The van der Waals surface area contributed by atoms with Crippen LogP contribution in [0, 0.1) is 0 Å². The van der Waals surface area contributed by atoms with E-state index in [0.717, 1.165) is 18.4 Å². The summed E-state index contributed by atoms with van der Waals surface area (Å²) in [6, 6.07) is 13.2. The average molecular weight is 584 g/mol. The summed E-state index contributed by atoms with van der Waals surface area (Å²) in [6.45, 7) is 9.39. The second-order valence-electron chi connectivity index (χ2n) is 11.0. The molecule has 2 atom stereocenters. The van der Waals surface area contributed by atoms with E-state index in [-0.39, 0.29) is 38.3 Å². The maximum atomic E-state index is 14.4. The number of ether oxygens (including phenoxy) is 2. The molecule has 10 nitrogen and oxygen atoms in total. The van der Waals surface area contributed by atoms with Crippen molar-refractivity contribution >= 4 is 23.9 Å². The zero-order valence-electron chi connectivity index (χ0n) is 25.4. The quantitative estimate of drug-likeness (QED) is 0.205. The molecule has 0 aliphatic heterocycles. The van der Waals surface area contributed by atoms with Gasteiger partial charge in [-0.15, -0.1) is 0 Å². The van der Waals surface area contributed by atoms with Gasteiger partial charge in [0.25, 0.3) is 0 Å². The van der Waals surface area contributed by atoms with Gasteiger partial charge in [0.05, 0.1) is 13.0 Å². The molecule has 2 aromatic carbocycles. The lowest BCUT2D eigenvalue weighted by Gasteiger charge is -2.34. The third-order valence-corrected chi connectivity index (χ3v) is 6.24. The molecular formula is C32H45N3O7. The van der Waals surface area contributed by atoms with Gasteiger partial charge in [0.15, 0.2) is 0 Å². The third kappa shape index (κ3) is 11.8. The summed E-state index contributed by atoms with van der Waals surface area (Å²) in [4.78, 5) is 54.2. The Kier molecular flexibility index (Phi) is 13.8. The van der Waals surface area contributed by atoms with Gasteiger partial charge < -0.3 is 30.1 Å². The van der Waals surface area contributed by atoms with Crippen LogP contribution in [-0.4, -0.2) is 65.2 Å². The van der Waals surface area contributed by atoms with E-state index < -0.39 is 41.6 Å². The molecule has 0 aliphatic carbocycles. The van der Waals surface area contributed by atoms with Gasteiger partial charge in [-0.2, -0.15) is 0 Å². The van der Waals surface area contributed by atoms with Crippen LogP contribution < -0.4 is 10.6 Å². The number of rotatable bonds is 15. The number of esters is 1. The highest BCUT2D eigenvalue weighted by atomic mass is 16.6. The number of phenolic OH excluding ortho intramolecular Hbond substituents is 1. The summed E-state index contributed by atoms with van der Waals surface area (Å²) in [6.07, 6.45) is 1.68. The number of amides is 3. The van der Waals surface area contributed by atoms with Crippen molar-refractivity contribution in [1.29, 1.82) is 0 Å². The van der Waals surface area contributed by atoms with E-state index in [0.29, 0.717) is 12.0 Å². The Morgan fingerprint density at radius 3 is 2.31 bits per heavy atom. The summed E-state index contributed by atoms with van der Waals surface area (Å²) in [5, 5.41) is 15.7. The highest BCUT2D eigenvalue weighted by Gasteiger charge is 2.36. The summed E-state index contributed by atoms with van der Waals surface area (Å²) < 4.78 is 10.4. The number of unbranched alkanes of at least 4 members (excludes halogenated alkanes) is 2. The number of carbonyl (C=O) groups is 4. The van der Waals surface area contributed by atoms with E-state index in [1.807, 2.05) is 37.3 Å². The third-order valence-electron chi connectivity index (χ3n) is 6.24. The Morgan fingerprint density at radius 2 is 1.69 bits per heavy atom. The van der Waals surface area contributed by atoms with Crippen molar-refractivity contribution in [2.45, 2.75) is 84.4 Å². The van der Waals surface area contributed by atoms with Gasteiger partial charge in [-0.25, -0.2) is 4.79 Å². The van der Waals surface area contributed by atoms with Crippen LogP contribution in [0.1, 0.15) is 77.5 Å². The summed E-state index contributed by atoms with van der Waals surface area (Å²) in [5.74, 6) is -1.52. The number of benzene rings is 2. The van der Waals surface area contributed by atoms with Crippen LogP contribution in [0.5, 0.6) is 5.75 Å². The molecule has 0 spiro atoms. The fourth-order valence-electron chi connectivity index (χ4n) is 4.38. The molecule has 0 saturated carbocycles. The minimum atomic E-state index is -1.14. The molecule has 2 aromatic rings. The van der Waals surface area contributed by atoms with Crippen LogP contribution >= 0.6 is 0 Å². The Labute approximate surface area is 248 Å². The Bertz CT molecular complexity index is 1160. The molecule has 42 heavy (non-hydrogen) atoms. The maximum absolute atomic E-state index is 14.4. The van der Waals surface area contributed by atoms with Crippen LogP contribution in [0.25, 0.3) is 0 Å². The maximum Gasteiger partial charge on any atom is 0.408 e. The van der Waals surface area contributed by atoms with Crippen LogP contribution in [0.2, 0.25) is 0 Å². The summed E-state index contributed by atoms with van der Waals surface area (Å²) in [5.41, 5.74) is 0.422. The lowest BCUT2D eigenvalue weighted by molar-refractivity contribution is -0.144. The molecule has 2 rings (SSSR count). The van der Waals surface area contributed by atoms with E-state index in [1.54, 1.807) is 39.8 Å². The van der Waals surface area contributed by atoms with E-state index >= 15 is 0 Å². The first kappa shape index (κ1) is 34.1. The second kappa shape index (κ2) is 17.0. The molecule has 0 fully saturated rings. The van der Waals surface area contributed by atoms with E-state index in [1.165, 1.54) is 17.0 Å². The lowest BCUT2D eigenvalue weighted by Crippen LogP contribution is -2.54. The number of carbonyl (C=O) groups excluding carboxylic acids is 4. The van der Waals surface area contributed by atoms with Crippen LogP contribution in [0.3, 0.4) is 0 Å². The van der Waals surface area contributed by atoms with Crippen molar-refractivity contribution in [2.24, 2.45) is 0 Å². The highest BCUT2D eigenvalue weighted by Crippen LogP contribution is 2.27. The van der Waals surface area contributed by atoms with Crippen LogP contribution in [0.15, 0.2) is 54.6 Å². The first-order chi connectivity index (χ1) is 19.9. The Morgan fingerprint density at radius 1 is 0.976 bits per heavy atom. The number of nitrogens with zero attached hydrogens (tertiary/aromatic N) is 1. The predicted molar refractivity (Wildman–Crippen MR) is 160 cm³/mol. The molecule has 230 valence electrons. The van der Waals surface area contributed by atoms with Crippen molar-refractivity contribution < 1.29 is 33.8 Å². The zero-order chi connectivity index (χ0) is 31.1. The molecule has 3 amide bonds. The highest BCUT2D eigenvalue weighted by molar-refractivity contribution is 5.92. The van der Waals surface area contributed by atoms with Gasteiger partial charge in [-0.1, -0.05) is 62.2 Å². The molecular weight excluding hydrogens is 538 g/mol. The lowest BCUT2D eigenvalue weighted by atomic mass is 9.99. The topological polar surface area (TPSA) is 134 Å². The van der Waals surface area contributed by atoms with E-state index in [9.17, 15) is 24.3 Å². The van der Waals surface area contributed by atoms with Crippen molar-refractivity contribution in [1.82, 2.24) is 15.5 Å². The molecule has 2 unspecified atom stereocenters. The van der Waals surface area contributed by atoms with Crippen molar-refractivity contribution in [3.63, 3.8) is 0 Å². The predicted octanol–water partition coefficient (Wildman–Crippen LogP) is 4.66. The zero-order valence-corrected chi connectivity index (χ0v) is 25.4. The average Bonchev–Trinajstić information content (AvgIpc) is 2.91. The van der Waals surface area contributed by atoms with Gasteiger partial charge >= 0.3 is 12.1 Å². The van der Waals surface area contributed by atoms with Gasteiger partial charge in [0, 0.05) is 19.5 Å². The number of nitrogens with one attached hydrogen (secondary N) is 2. The minimum Gasteiger partial charge on any atom is -0.508 e. The monoisotopic (exact) mass is 583 g/mol. The molecule has 0 bridgehead atoms. The Hall–Kier alpha value is -4.08. The number of alkyl carbamates (subject to hydrolysis) is 1. The minimum absolute atomic E-state index is 0.00752. The van der Waals surface area contributed by atoms with Crippen LogP contribution in [0.4, 0.5) is 4.79 Å². The fourth-order valence-corrected chi connectivity index (χ4v) is 4.38. The summed E-state index contributed by atoms with van der Waals surface area (Å²) >= 11 is 0. The molecule has 3 N–H and O–H groups in total. The van der Waals surface area contributed by atoms with E-state index in [2.05, 4.69) is 10.6 Å². The van der Waals surface area contributed by atoms with E-state index in [4.69, 9.17) is 9.47 Å². The van der Waals surface area contributed by atoms with Gasteiger partial charge in [-0.05, 0) is 57.4 Å². The van der Waals surface area contributed by atoms with Crippen molar-refractivity contribution in [3.8, 4) is 5.75 Å². The van der Waals surface area contributed by atoms with Gasteiger partial charge in [-0.3, -0.25) is 14.4 Å². The number of phenols is 1. The fraction of sp³-hybridized carbons (Fsp3) is 0.500. The van der Waals surface area contributed by atoms with Crippen LogP contribution in [-0.2, 0) is 30.3 Å². The first-order valence-electron chi connectivity index (χ1n) is 14.5. The number of hydrogen-bond donors (Lipinski definition) is 3. The smallest absolute Gasteiger partial charge is 0.408 e. The van der Waals surface area contributed by atoms with Gasteiger partial charge in [0.2, 0.25) is 11.8 Å². The molecule has 0 aromatic heterocycles. The standard InChI is InChI=1S/C32H45N3O7/c1-6-8-12-20-35(28(24-16-13-17-25(36)22-24)29(38)33-19-18-27(37)41-7-2)30(39)26(21-23-14-10-9-11-15-23)34-31(40)42-32(3,4)5/h9-11,13-17,22,26,28,36H,6-8,12,18-21H2,1-5H3,(H,33,38)(H,34,40). The summed E-state index contributed by atoms with van der Waals surface area (Å²) in [7, 11) is 0. The molecule has 0 radical (unpaired) electrons. The number of aromatic hydroxyl groups is 1. The molecule has 0 saturated heterocycles. The second-order valence-corrected chi connectivity index (χ2v) is 11.0. The first-order valence-corrected chi connectivity index (χ1v) is 14.5. The molecule has 10 heteroatoms. The van der Waals surface area contributed by atoms with Crippen molar-refractivity contribution in [3.05, 3.63) is 65.7 Å². The largest absolute Gasteiger partial charge is 0.508 e. The Balaban J connectivity index is 2.49. The SMILES string of the molecule is CCCCCN(C(=O)C(Cc1ccccc1)NC(=O)OC(C)(C)C)C(C(=O)NCCC(=O)OCC)c1cccc(O)c1. The normalized spacial score (nSPS) is 12.5.